The molecule has 8 nitrogen and oxygen atoms in total. The number of hydrogen-bond donors (Lipinski definition) is 3. The summed E-state index contributed by atoms with van der Waals surface area (Å²) in [6, 6.07) is 6.57. The van der Waals surface area contributed by atoms with Gasteiger partial charge in [0.25, 0.3) is 5.91 Å². The molecule has 1 aromatic rings. The molecule has 0 bridgehead atoms. The maximum absolute atomic E-state index is 11.7. The Hall–Kier alpha value is -2.90. The summed E-state index contributed by atoms with van der Waals surface area (Å²) in [4.78, 5) is 33.9. The number of hydrogen-bond acceptors (Lipinski definition) is 5. The van der Waals surface area contributed by atoms with Crippen molar-refractivity contribution in [3.63, 3.8) is 0 Å². The van der Waals surface area contributed by atoms with Crippen LogP contribution in [0.2, 0.25) is 0 Å². The first-order valence-electron chi connectivity index (χ1n) is 10.0. The van der Waals surface area contributed by atoms with Gasteiger partial charge in [0.05, 0.1) is 12.8 Å². The number of nitrogens with one attached hydrogen (secondary N) is 2. The van der Waals surface area contributed by atoms with Crippen molar-refractivity contribution >= 4 is 24.0 Å². The van der Waals surface area contributed by atoms with Crippen molar-refractivity contribution < 1.29 is 24.2 Å². The number of carbonyl (C=O) groups excluding carboxylic acids is 2. The van der Waals surface area contributed by atoms with E-state index in [1.165, 1.54) is 31.9 Å². The lowest BCUT2D eigenvalue weighted by Gasteiger charge is -2.05. The minimum atomic E-state index is -1.05. The van der Waals surface area contributed by atoms with Gasteiger partial charge in [0.1, 0.15) is 5.75 Å². The average Bonchev–Trinajstić information content (AvgIpc) is 2.71. The summed E-state index contributed by atoms with van der Waals surface area (Å²) in [7, 11) is 0. The highest BCUT2D eigenvalue weighted by molar-refractivity contribution is 5.86. The van der Waals surface area contributed by atoms with Crippen molar-refractivity contribution in [2.45, 2.75) is 58.3 Å². The van der Waals surface area contributed by atoms with E-state index in [1.807, 2.05) is 0 Å². The Labute approximate surface area is 171 Å². The van der Waals surface area contributed by atoms with Crippen LogP contribution in [0.4, 0.5) is 0 Å². The molecule has 3 N–H and O–H groups in total. The molecule has 0 aliphatic rings. The molecule has 0 saturated carbocycles. The van der Waals surface area contributed by atoms with Gasteiger partial charge in [0.15, 0.2) is 6.61 Å². The molecule has 0 fully saturated rings. The molecule has 2 amide bonds. The fraction of sp³-hybridized carbons (Fsp3) is 0.524. The van der Waals surface area contributed by atoms with Crippen molar-refractivity contribution in [1.82, 2.24) is 10.7 Å². The minimum absolute atomic E-state index is 0.116. The topological polar surface area (TPSA) is 117 Å². The Bertz CT molecular complexity index is 659. The van der Waals surface area contributed by atoms with Gasteiger partial charge in [-0.2, -0.15) is 5.10 Å². The highest BCUT2D eigenvalue weighted by Crippen LogP contribution is 2.11. The van der Waals surface area contributed by atoms with Gasteiger partial charge in [-0.15, -0.1) is 0 Å². The highest BCUT2D eigenvalue weighted by Gasteiger charge is 2.04. The predicted octanol–water partition coefficient (Wildman–Crippen LogP) is 2.86. The first-order valence-corrected chi connectivity index (χ1v) is 10.0. The van der Waals surface area contributed by atoms with Crippen molar-refractivity contribution in [3.8, 4) is 5.75 Å². The zero-order valence-corrected chi connectivity index (χ0v) is 17.0. The Morgan fingerprint density at radius 2 is 1.66 bits per heavy atom. The smallest absolute Gasteiger partial charge is 0.341 e. The molecule has 8 heteroatoms. The highest BCUT2D eigenvalue weighted by atomic mass is 16.5. The first-order chi connectivity index (χ1) is 14.0. The lowest BCUT2D eigenvalue weighted by Crippen LogP contribution is -2.34. The molecule has 0 aromatic heterocycles. The Balaban J connectivity index is 2.15. The number of carbonyl (C=O) groups is 3. The number of ether oxygens (including phenoxy) is 1. The molecule has 160 valence electrons. The van der Waals surface area contributed by atoms with Crippen LogP contribution in [-0.2, 0) is 14.4 Å². The zero-order chi connectivity index (χ0) is 21.3. The van der Waals surface area contributed by atoms with Gasteiger partial charge >= 0.3 is 5.97 Å². The molecular formula is C21H31N3O5. The third-order valence-corrected chi connectivity index (χ3v) is 4.10. The Morgan fingerprint density at radius 1 is 1.00 bits per heavy atom. The normalized spacial score (nSPS) is 10.7. The second-order valence-electron chi connectivity index (χ2n) is 6.69. The summed E-state index contributed by atoms with van der Waals surface area (Å²) in [6.07, 6.45) is 9.86. The van der Waals surface area contributed by atoms with Crippen LogP contribution in [0.5, 0.6) is 5.75 Å². The Kier molecular flexibility index (Phi) is 12.5. The van der Waals surface area contributed by atoms with E-state index < -0.39 is 18.5 Å². The molecule has 0 atom stereocenters. The van der Waals surface area contributed by atoms with E-state index in [0.717, 1.165) is 19.3 Å². The first kappa shape index (κ1) is 24.1. The van der Waals surface area contributed by atoms with E-state index in [4.69, 9.17) is 9.84 Å². The third-order valence-electron chi connectivity index (χ3n) is 4.10. The van der Waals surface area contributed by atoms with Crippen molar-refractivity contribution in [2.24, 2.45) is 5.10 Å². The van der Waals surface area contributed by atoms with Crippen LogP contribution in [0.1, 0.15) is 63.9 Å². The van der Waals surface area contributed by atoms with Crippen molar-refractivity contribution in [1.29, 1.82) is 0 Å². The average molecular weight is 405 g/mol. The number of carboxylic acids is 1. The fourth-order valence-corrected chi connectivity index (χ4v) is 2.52. The summed E-state index contributed by atoms with van der Waals surface area (Å²) < 4.78 is 5.02. The maximum atomic E-state index is 11.7. The van der Waals surface area contributed by atoms with Crippen LogP contribution in [0.3, 0.4) is 0 Å². The number of hydrazone groups is 1. The molecular weight excluding hydrogens is 374 g/mol. The Morgan fingerprint density at radius 3 is 2.31 bits per heavy atom. The zero-order valence-electron chi connectivity index (χ0n) is 17.0. The van der Waals surface area contributed by atoms with E-state index in [-0.39, 0.29) is 12.5 Å². The van der Waals surface area contributed by atoms with E-state index in [1.54, 1.807) is 24.3 Å². The summed E-state index contributed by atoms with van der Waals surface area (Å²) >= 11 is 0. The molecule has 0 unspecified atom stereocenters. The van der Waals surface area contributed by atoms with Crippen molar-refractivity contribution in [3.05, 3.63) is 29.8 Å². The molecule has 0 spiro atoms. The third kappa shape index (κ3) is 13.0. The van der Waals surface area contributed by atoms with Crippen LogP contribution in [-0.4, -0.2) is 42.3 Å². The number of rotatable bonds is 15. The van der Waals surface area contributed by atoms with Crippen LogP contribution >= 0.6 is 0 Å². The quantitative estimate of drug-likeness (QED) is 0.236. The van der Waals surface area contributed by atoms with Crippen LogP contribution < -0.4 is 15.5 Å². The van der Waals surface area contributed by atoms with Crippen LogP contribution in [0, 0.1) is 0 Å². The van der Waals surface area contributed by atoms with Gasteiger partial charge in [0, 0.05) is 6.42 Å². The minimum Gasteiger partial charge on any atom is -0.482 e. The molecule has 29 heavy (non-hydrogen) atoms. The van der Waals surface area contributed by atoms with Gasteiger partial charge in [-0.1, -0.05) is 45.4 Å². The number of unbranched alkanes of at least 4 members (excludes halogenated alkanes) is 6. The number of carboxylic acid groups (broad SMARTS) is 1. The largest absolute Gasteiger partial charge is 0.482 e. The fourth-order valence-electron chi connectivity index (χ4n) is 2.52. The standard InChI is InChI=1S/C21H31N3O5/c1-2-3-4-5-6-7-8-9-19(25)22-15-20(26)24-23-14-17-10-12-18(13-11-17)29-16-21(27)28/h10-14H,2-9,15-16H2,1H3,(H,22,25)(H,24,26)(H,27,28)/b23-14+. The molecule has 0 radical (unpaired) electrons. The molecule has 0 aliphatic heterocycles. The maximum Gasteiger partial charge on any atom is 0.341 e. The SMILES string of the molecule is CCCCCCCCCC(=O)NCC(=O)N/N=C/c1ccc(OCC(=O)O)cc1. The van der Waals surface area contributed by atoms with Gasteiger partial charge in [-0.05, 0) is 36.2 Å². The predicted molar refractivity (Wildman–Crippen MR) is 111 cm³/mol. The van der Waals surface area contributed by atoms with Gasteiger partial charge in [-0.25, -0.2) is 10.2 Å². The van der Waals surface area contributed by atoms with Gasteiger partial charge in [-0.3, -0.25) is 9.59 Å². The summed E-state index contributed by atoms with van der Waals surface area (Å²) in [5.74, 6) is -1.16. The number of nitrogens with zero attached hydrogens (tertiary/aromatic N) is 1. The summed E-state index contributed by atoms with van der Waals surface area (Å²) in [5, 5.41) is 15.0. The monoisotopic (exact) mass is 405 g/mol. The number of aliphatic carboxylic acids is 1. The molecule has 1 rings (SSSR count). The lowest BCUT2D eigenvalue weighted by atomic mass is 10.1. The lowest BCUT2D eigenvalue weighted by molar-refractivity contribution is -0.139. The molecule has 0 saturated heterocycles. The van der Waals surface area contributed by atoms with Gasteiger partial charge in [0.2, 0.25) is 5.91 Å². The van der Waals surface area contributed by atoms with E-state index >= 15 is 0 Å². The second kappa shape index (κ2) is 15.1. The molecule has 1 aromatic carbocycles. The number of amides is 2. The van der Waals surface area contributed by atoms with Crippen LogP contribution in [0.25, 0.3) is 0 Å². The van der Waals surface area contributed by atoms with Crippen molar-refractivity contribution in [2.75, 3.05) is 13.2 Å². The molecule has 0 aliphatic carbocycles. The number of benzene rings is 1. The second-order valence-corrected chi connectivity index (χ2v) is 6.69. The molecule has 0 heterocycles. The summed E-state index contributed by atoms with van der Waals surface area (Å²) in [5.41, 5.74) is 3.05. The van der Waals surface area contributed by atoms with Crippen LogP contribution in [0.15, 0.2) is 29.4 Å². The van der Waals surface area contributed by atoms with Gasteiger partial charge < -0.3 is 15.2 Å². The van der Waals surface area contributed by atoms with E-state index in [0.29, 0.717) is 17.7 Å². The van der Waals surface area contributed by atoms with E-state index in [2.05, 4.69) is 22.8 Å². The summed E-state index contributed by atoms with van der Waals surface area (Å²) in [6.45, 7) is 1.66. The van der Waals surface area contributed by atoms with E-state index in [9.17, 15) is 14.4 Å².